The van der Waals surface area contributed by atoms with Crippen molar-refractivity contribution in [3.05, 3.63) is 34.3 Å². The smallest absolute Gasteiger partial charge is 0.0943 e. The Bertz CT molecular complexity index is 353. The monoisotopic (exact) mass is 270 g/mol. The van der Waals surface area contributed by atoms with E-state index in [1.807, 2.05) is 31.2 Å². The maximum absolute atomic E-state index is 10.5. The first-order valence-corrected chi connectivity index (χ1v) is 5.99. The SMILES string of the molecule is C[C@H]1C[C@@](O)(c2cccc(Br)c2)CCO1. The number of hydrogen-bond acceptors (Lipinski definition) is 2. The number of rotatable bonds is 1. The van der Waals surface area contributed by atoms with Crippen molar-refractivity contribution in [3.63, 3.8) is 0 Å². The molecule has 0 saturated carbocycles. The normalized spacial score (nSPS) is 31.5. The summed E-state index contributed by atoms with van der Waals surface area (Å²) in [5.41, 5.74) is 0.258. The fourth-order valence-electron chi connectivity index (χ4n) is 2.11. The van der Waals surface area contributed by atoms with Crippen molar-refractivity contribution in [2.75, 3.05) is 6.61 Å². The largest absolute Gasteiger partial charge is 0.385 e. The molecule has 0 aromatic heterocycles. The number of benzene rings is 1. The molecule has 0 radical (unpaired) electrons. The van der Waals surface area contributed by atoms with Gasteiger partial charge in [0.05, 0.1) is 18.3 Å². The molecular weight excluding hydrogens is 256 g/mol. The second-order valence-electron chi connectivity index (χ2n) is 4.18. The molecule has 82 valence electrons. The van der Waals surface area contributed by atoms with Crippen LogP contribution in [-0.4, -0.2) is 17.8 Å². The first-order valence-electron chi connectivity index (χ1n) is 5.20. The average molecular weight is 271 g/mol. The molecule has 2 atom stereocenters. The molecule has 3 heteroatoms. The number of hydrogen-bond donors (Lipinski definition) is 1. The summed E-state index contributed by atoms with van der Waals surface area (Å²) in [5, 5.41) is 10.5. The van der Waals surface area contributed by atoms with Gasteiger partial charge in [0.2, 0.25) is 0 Å². The predicted molar refractivity (Wildman–Crippen MR) is 62.7 cm³/mol. The van der Waals surface area contributed by atoms with Gasteiger partial charge in [-0.1, -0.05) is 28.1 Å². The highest BCUT2D eigenvalue weighted by Gasteiger charge is 2.34. The molecule has 15 heavy (non-hydrogen) atoms. The highest BCUT2D eigenvalue weighted by atomic mass is 79.9. The van der Waals surface area contributed by atoms with Gasteiger partial charge in [-0.25, -0.2) is 0 Å². The van der Waals surface area contributed by atoms with Crippen molar-refractivity contribution in [3.8, 4) is 0 Å². The van der Waals surface area contributed by atoms with Crippen LogP contribution in [0.5, 0.6) is 0 Å². The van der Waals surface area contributed by atoms with Crippen molar-refractivity contribution in [1.82, 2.24) is 0 Å². The van der Waals surface area contributed by atoms with Crippen LogP contribution in [0.15, 0.2) is 28.7 Å². The lowest BCUT2D eigenvalue weighted by molar-refractivity contribution is -0.101. The molecule has 0 amide bonds. The summed E-state index contributed by atoms with van der Waals surface area (Å²) in [6.45, 7) is 2.63. The van der Waals surface area contributed by atoms with E-state index in [0.717, 1.165) is 10.0 Å². The first kappa shape index (κ1) is 11.1. The van der Waals surface area contributed by atoms with Gasteiger partial charge in [-0.05, 0) is 24.6 Å². The van der Waals surface area contributed by atoms with E-state index in [2.05, 4.69) is 15.9 Å². The Labute approximate surface area is 98.4 Å². The molecule has 1 N–H and O–H groups in total. The van der Waals surface area contributed by atoms with E-state index in [1.165, 1.54) is 0 Å². The topological polar surface area (TPSA) is 29.5 Å². The lowest BCUT2D eigenvalue weighted by atomic mass is 9.84. The van der Waals surface area contributed by atoms with Gasteiger partial charge >= 0.3 is 0 Å². The summed E-state index contributed by atoms with van der Waals surface area (Å²) in [7, 11) is 0. The minimum Gasteiger partial charge on any atom is -0.385 e. The number of halogens is 1. The van der Waals surface area contributed by atoms with E-state index < -0.39 is 5.60 Å². The van der Waals surface area contributed by atoms with Crippen LogP contribution in [0.4, 0.5) is 0 Å². The molecule has 1 heterocycles. The Hall–Kier alpha value is -0.380. The lowest BCUT2D eigenvalue weighted by Gasteiger charge is -2.36. The summed E-state index contributed by atoms with van der Waals surface area (Å²) >= 11 is 3.43. The molecule has 1 aromatic carbocycles. The van der Waals surface area contributed by atoms with Gasteiger partial charge in [-0.15, -0.1) is 0 Å². The van der Waals surface area contributed by atoms with Crippen LogP contribution in [0.1, 0.15) is 25.3 Å². The molecule has 2 nitrogen and oxygen atoms in total. The zero-order valence-electron chi connectivity index (χ0n) is 8.74. The standard InChI is InChI=1S/C12H15BrO2/c1-9-8-12(14,5-6-15-9)10-3-2-4-11(13)7-10/h2-4,7,9,14H,5-6,8H2,1H3/t9-,12+/m0/s1. The van der Waals surface area contributed by atoms with E-state index in [0.29, 0.717) is 19.4 Å². The van der Waals surface area contributed by atoms with Gasteiger partial charge in [0.15, 0.2) is 0 Å². The van der Waals surface area contributed by atoms with E-state index in [9.17, 15) is 5.11 Å². The fourth-order valence-corrected chi connectivity index (χ4v) is 2.50. The fraction of sp³-hybridized carbons (Fsp3) is 0.500. The van der Waals surface area contributed by atoms with E-state index in [-0.39, 0.29) is 6.10 Å². The van der Waals surface area contributed by atoms with Gasteiger partial charge in [0.1, 0.15) is 0 Å². The van der Waals surface area contributed by atoms with Crippen LogP contribution in [0.25, 0.3) is 0 Å². The Morgan fingerprint density at radius 2 is 2.33 bits per heavy atom. The summed E-state index contributed by atoms with van der Waals surface area (Å²) in [4.78, 5) is 0. The van der Waals surface area contributed by atoms with Crippen LogP contribution in [0.2, 0.25) is 0 Å². The maximum atomic E-state index is 10.5. The Balaban J connectivity index is 2.28. The summed E-state index contributed by atoms with van der Waals surface area (Å²) in [6.07, 6.45) is 1.47. The van der Waals surface area contributed by atoms with Crippen molar-refractivity contribution in [2.24, 2.45) is 0 Å². The van der Waals surface area contributed by atoms with Crippen LogP contribution < -0.4 is 0 Å². The van der Waals surface area contributed by atoms with Crippen molar-refractivity contribution < 1.29 is 9.84 Å². The number of ether oxygens (including phenoxy) is 1. The van der Waals surface area contributed by atoms with Gasteiger partial charge in [-0.3, -0.25) is 0 Å². The molecular formula is C12H15BrO2. The molecule has 1 aliphatic heterocycles. The molecule has 1 fully saturated rings. The quantitative estimate of drug-likeness (QED) is 0.851. The first-order chi connectivity index (χ1) is 7.10. The third-order valence-corrected chi connectivity index (χ3v) is 3.40. The molecule has 0 bridgehead atoms. The molecule has 0 unspecified atom stereocenters. The highest BCUT2D eigenvalue weighted by molar-refractivity contribution is 9.10. The summed E-state index contributed by atoms with van der Waals surface area (Å²) < 4.78 is 6.46. The average Bonchev–Trinajstić information content (AvgIpc) is 2.17. The zero-order valence-corrected chi connectivity index (χ0v) is 10.3. The van der Waals surface area contributed by atoms with Crippen LogP contribution in [-0.2, 0) is 10.3 Å². The Morgan fingerprint density at radius 1 is 1.53 bits per heavy atom. The molecule has 1 aliphatic rings. The lowest BCUT2D eigenvalue weighted by Crippen LogP contribution is -2.37. The maximum Gasteiger partial charge on any atom is 0.0943 e. The van der Waals surface area contributed by atoms with Crippen LogP contribution in [0.3, 0.4) is 0 Å². The van der Waals surface area contributed by atoms with E-state index in [4.69, 9.17) is 4.74 Å². The van der Waals surface area contributed by atoms with Crippen molar-refractivity contribution in [2.45, 2.75) is 31.5 Å². The van der Waals surface area contributed by atoms with Gasteiger partial charge in [0, 0.05) is 17.3 Å². The third-order valence-electron chi connectivity index (χ3n) is 2.91. The Morgan fingerprint density at radius 3 is 3.00 bits per heavy atom. The summed E-state index contributed by atoms with van der Waals surface area (Å²) in [6, 6.07) is 7.88. The van der Waals surface area contributed by atoms with E-state index in [1.54, 1.807) is 0 Å². The molecule has 1 aromatic rings. The van der Waals surface area contributed by atoms with Crippen LogP contribution >= 0.6 is 15.9 Å². The van der Waals surface area contributed by atoms with Crippen molar-refractivity contribution >= 4 is 15.9 Å². The molecule has 2 rings (SSSR count). The van der Waals surface area contributed by atoms with Crippen molar-refractivity contribution in [1.29, 1.82) is 0 Å². The van der Waals surface area contributed by atoms with E-state index >= 15 is 0 Å². The van der Waals surface area contributed by atoms with Gasteiger partial charge in [-0.2, -0.15) is 0 Å². The zero-order chi connectivity index (χ0) is 10.9. The van der Waals surface area contributed by atoms with Gasteiger partial charge in [0.25, 0.3) is 0 Å². The third kappa shape index (κ3) is 2.41. The Kier molecular flexibility index (Phi) is 3.14. The minimum absolute atomic E-state index is 0.128. The molecule has 0 aliphatic carbocycles. The molecule has 1 saturated heterocycles. The predicted octanol–water partition coefficient (Wildman–Crippen LogP) is 2.84. The second-order valence-corrected chi connectivity index (χ2v) is 5.09. The minimum atomic E-state index is -0.721. The second kappa shape index (κ2) is 4.24. The van der Waals surface area contributed by atoms with Gasteiger partial charge < -0.3 is 9.84 Å². The number of aliphatic hydroxyl groups is 1. The summed E-state index contributed by atoms with van der Waals surface area (Å²) in [5.74, 6) is 0. The highest BCUT2D eigenvalue weighted by Crippen LogP contribution is 2.35. The molecule has 0 spiro atoms. The van der Waals surface area contributed by atoms with Crippen LogP contribution in [0, 0.1) is 0 Å².